The number of aromatic nitrogens is 2. The molecule has 0 radical (unpaired) electrons. The Morgan fingerprint density at radius 1 is 1.55 bits per heavy atom. The van der Waals surface area contributed by atoms with Gasteiger partial charge in [0.1, 0.15) is 6.26 Å². The second kappa shape index (κ2) is 5.40. The number of amides is 1. The second-order valence-electron chi connectivity index (χ2n) is 4.89. The molecule has 20 heavy (non-hydrogen) atoms. The van der Waals surface area contributed by atoms with Crippen LogP contribution in [-0.2, 0) is 4.79 Å². The first-order valence-corrected chi connectivity index (χ1v) is 7.26. The number of hydrogen-bond donors (Lipinski definition) is 0. The van der Waals surface area contributed by atoms with Crippen molar-refractivity contribution in [3.05, 3.63) is 22.6 Å². The van der Waals surface area contributed by atoms with E-state index in [0.29, 0.717) is 24.0 Å². The van der Waals surface area contributed by atoms with E-state index in [9.17, 15) is 4.79 Å². The minimum absolute atomic E-state index is 0.0911. The van der Waals surface area contributed by atoms with Crippen LogP contribution >= 0.6 is 15.9 Å². The molecule has 2 aromatic rings. The zero-order valence-corrected chi connectivity index (χ0v) is 12.6. The van der Waals surface area contributed by atoms with Crippen molar-refractivity contribution in [1.29, 1.82) is 0 Å². The lowest BCUT2D eigenvalue weighted by Gasteiger charge is -2.30. The fraction of sp³-hybridized carbons (Fsp3) is 0.462. The number of halogens is 1. The summed E-state index contributed by atoms with van der Waals surface area (Å²) >= 11 is 3.31. The Bertz CT molecular complexity index is 622. The zero-order valence-electron chi connectivity index (χ0n) is 11.0. The molecule has 1 fully saturated rings. The van der Waals surface area contributed by atoms with Gasteiger partial charge in [0.25, 0.3) is 5.89 Å². The smallest absolute Gasteiger partial charge is 0.293 e. The molecule has 0 spiro atoms. The molecule has 1 aliphatic heterocycles. The molecule has 0 saturated carbocycles. The van der Waals surface area contributed by atoms with Gasteiger partial charge in [-0.1, -0.05) is 5.16 Å². The Balaban J connectivity index is 1.78. The first-order chi connectivity index (χ1) is 9.63. The van der Waals surface area contributed by atoms with Crippen LogP contribution in [0.15, 0.2) is 25.7 Å². The number of hydrogen-bond acceptors (Lipinski definition) is 5. The second-order valence-corrected chi connectivity index (χ2v) is 5.81. The highest BCUT2D eigenvalue weighted by Crippen LogP contribution is 2.28. The van der Waals surface area contributed by atoms with Crippen molar-refractivity contribution in [3.63, 3.8) is 0 Å². The topological polar surface area (TPSA) is 72.4 Å². The number of piperidine rings is 1. The fourth-order valence-corrected chi connectivity index (χ4v) is 2.70. The van der Waals surface area contributed by atoms with Gasteiger partial charge in [-0.15, -0.1) is 0 Å². The van der Waals surface area contributed by atoms with Crippen LogP contribution in [0, 0.1) is 0 Å². The third kappa shape index (κ3) is 2.63. The van der Waals surface area contributed by atoms with Crippen molar-refractivity contribution < 1.29 is 13.7 Å². The Labute approximate surface area is 124 Å². The van der Waals surface area contributed by atoms with Crippen LogP contribution in [0.5, 0.6) is 0 Å². The summed E-state index contributed by atoms with van der Waals surface area (Å²) in [5.41, 5.74) is 0. The molecule has 6 nitrogen and oxygen atoms in total. The normalized spacial score (nSPS) is 19.3. The number of carbonyl (C=O) groups excluding carboxylic acids is 1. The Kier molecular flexibility index (Phi) is 3.60. The highest BCUT2D eigenvalue weighted by atomic mass is 79.9. The molecule has 106 valence electrons. The van der Waals surface area contributed by atoms with E-state index in [1.54, 1.807) is 19.3 Å². The van der Waals surface area contributed by atoms with Gasteiger partial charge in [-0.3, -0.25) is 4.79 Å². The standard InChI is InChI=1S/C13H14BrN3O3/c1-8(18)17-4-2-3-9(6-17)12-15-13(20-16-12)11-5-10(14)7-19-11/h5,7,9H,2-4,6H2,1H3. The predicted molar refractivity (Wildman–Crippen MR) is 73.9 cm³/mol. The molecule has 2 aromatic heterocycles. The van der Waals surface area contributed by atoms with E-state index in [2.05, 4.69) is 26.1 Å². The molecule has 1 unspecified atom stereocenters. The van der Waals surface area contributed by atoms with Gasteiger partial charge in [-0.25, -0.2) is 0 Å². The van der Waals surface area contributed by atoms with Crippen molar-refractivity contribution in [2.45, 2.75) is 25.7 Å². The maximum atomic E-state index is 11.4. The molecule has 1 amide bonds. The highest BCUT2D eigenvalue weighted by Gasteiger charge is 2.27. The number of likely N-dealkylation sites (tertiary alicyclic amines) is 1. The van der Waals surface area contributed by atoms with Crippen LogP contribution in [-0.4, -0.2) is 34.0 Å². The number of rotatable bonds is 2. The van der Waals surface area contributed by atoms with E-state index in [1.165, 1.54) is 0 Å². The summed E-state index contributed by atoms with van der Waals surface area (Å²) in [6.07, 6.45) is 3.49. The van der Waals surface area contributed by atoms with Crippen LogP contribution in [0.2, 0.25) is 0 Å². The average Bonchev–Trinajstić information content (AvgIpc) is 3.07. The van der Waals surface area contributed by atoms with E-state index < -0.39 is 0 Å². The molecule has 1 saturated heterocycles. The van der Waals surface area contributed by atoms with E-state index >= 15 is 0 Å². The van der Waals surface area contributed by atoms with E-state index in [1.807, 2.05) is 4.90 Å². The lowest BCUT2D eigenvalue weighted by Crippen LogP contribution is -2.37. The molecule has 0 aliphatic carbocycles. The molecule has 0 N–H and O–H groups in total. The van der Waals surface area contributed by atoms with Gasteiger partial charge in [0.2, 0.25) is 5.91 Å². The zero-order chi connectivity index (χ0) is 14.1. The summed E-state index contributed by atoms with van der Waals surface area (Å²) < 4.78 is 11.4. The average molecular weight is 340 g/mol. The van der Waals surface area contributed by atoms with Crippen LogP contribution < -0.4 is 0 Å². The molecule has 1 atom stereocenters. The van der Waals surface area contributed by atoms with Crippen LogP contribution in [0.3, 0.4) is 0 Å². The molecule has 1 aliphatic rings. The van der Waals surface area contributed by atoms with Crippen molar-refractivity contribution >= 4 is 21.8 Å². The van der Waals surface area contributed by atoms with Crippen molar-refractivity contribution in [1.82, 2.24) is 15.0 Å². The molecule has 7 heteroatoms. The van der Waals surface area contributed by atoms with Crippen LogP contribution in [0.4, 0.5) is 0 Å². The van der Waals surface area contributed by atoms with Crippen LogP contribution in [0.1, 0.15) is 31.5 Å². The first kappa shape index (κ1) is 13.4. The minimum atomic E-state index is 0.0911. The van der Waals surface area contributed by atoms with Crippen LogP contribution in [0.25, 0.3) is 11.7 Å². The molecule has 0 bridgehead atoms. The summed E-state index contributed by atoms with van der Waals surface area (Å²) in [4.78, 5) is 17.7. The minimum Gasteiger partial charge on any atom is -0.458 e. The quantitative estimate of drug-likeness (QED) is 0.841. The predicted octanol–water partition coefficient (Wildman–Crippen LogP) is 2.82. The largest absolute Gasteiger partial charge is 0.458 e. The van der Waals surface area contributed by atoms with Gasteiger partial charge in [0, 0.05) is 32.0 Å². The fourth-order valence-electron chi connectivity index (χ4n) is 2.40. The third-order valence-corrected chi connectivity index (χ3v) is 3.87. The summed E-state index contributed by atoms with van der Waals surface area (Å²) in [5.74, 6) is 1.76. The summed E-state index contributed by atoms with van der Waals surface area (Å²) in [5, 5.41) is 4.02. The molecular formula is C13H14BrN3O3. The Hall–Kier alpha value is -1.63. The van der Waals surface area contributed by atoms with E-state index in [0.717, 1.165) is 23.9 Å². The Morgan fingerprint density at radius 2 is 2.40 bits per heavy atom. The monoisotopic (exact) mass is 339 g/mol. The van der Waals surface area contributed by atoms with Crippen molar-refractivity contribution in [2.24, 2.45) is 0 Å². The third-order valence-electron chi connectivity index (χ3n) is 3.45. The molecular weight excluding hydrogens is 326 g/mol. The van der Waals surface area contributed by atoms with Crippen molar-refractivity contribution in [3.8, 4) is 11.7 Å². The van der Waals surface area contributed by atoms with Gasteiger partial charge < -0.3 is 13.8 Å². The SMILES string of the molecule is CC(=O)N1CCCC(c2noc(-c3cc(Br)co3)n2)C1. The maximum absolute atomic E-state index is 11.4. The van der Waals surface area contributed by atoms with E-state index in [-0.39, 0.29) is 11.8 Å². The number of furan rings is 1. The summed E-state index contributed by atoms with van der Waals surface area (Å²) in [6, 6.07) is 1.78. The van der Waals surface area contributed by atoms with E-state index in [4.69, 9.17) is 8.94 Å². The Morgan fingerprint density at radius 3 is 3.10 bits per heavy atom. The maximum Gasteiger partial charge on any atom is 0.293 e. The lowest BCUT2D eigenvalue weighted by molar-refractivity contribution is -0.130. The van der Waals surface area contributed by atoms with Gasteiger partial charge in [0.15, 0.2) is 11.6 Å². The first-order valence-electron chi connectivity index (χ1n) is 6.47. The molecule has 0 aromatic carbocycles. The number of nitrogens with zero attached hydrogens (tertiary/aromatic N) is 3. The van der Waals surface area contributed by atoms with Crippen molar-refractivity contribution in [2.75, 3.05) is 13.1 Å². The highest BCUT2D eigenvalue weighted by molar-refractivity contribution is 9.10. The number of carbonyl (C=O) groups is 1. The summed E-state index contributed by atoms with van der Waals surface area (Å²) in [6.45, 7) is 3.04. The lowest BCUT2D eigenvalue weighted by atomic mass is 9.97. The molecule has 3 rings (SSSR count). The van der Waals surface area contributed by atoms with Gasteiger partial charge >= 0.3 is 0 Å². The van der Waals surface area contributed by atoms with Gasteiger partial charge in [-0.2, -0.15) is 4.98 Å². The van der Waals surface area contributed by atoms with Gasteiger partial charge in [0.05, 0.1) is 4.47 Å². The van der Waals surface area contributed by atoms with Gasteiger partial charge in [-0.05, 0) is 28.8 Å². The summed E-state index contributed by atoms with van der Waals surface area (Å²) in [7, 11) is 0. The molecule has 3 heterocycles.